The van der Waals surface area contributed by atoms with E-state index in [-0.39, 0.29) is 12.3 Å². The zero-order chi connectivity index (χ0) is 24.9. The molecule has 2 aliphatic rings. The van der Waals surface area contributed by atoms with E-state index in [0.29, 0.717) is 18.7 Å². The second kappa shape index (κ2) is 8.43. The van der Waals surface area contributed by atoms with Crippen molar-refractivity contribution in [2.45, 2.75) is 64.3 Å². The second-order valence-electron chi connectivity index (χ2n) is 9.67. The number of urea groups is 1. The number of carbonyl (C=O) groups excluding carboxylic acids is 3. The van der Waals surface area contributed by atoms with Crippen molar-refractivity contribution < 1.29 is 29.4 Å². The van der Waals surface area contributed by atoms with Crippen LogP contribution >= 0.6 is 0 Å². The Kier molecular flexibility index (Phi) is 5.89. The average Bonchev–Trinajstić information content (AvgIpc) is 3.24. The van der Waals surface area contributed by atoms with Crippen LogP contribution in [0, 0.1) is 5.92 Å². The van der Waals surface area contributed by atoms with E-state index in [0.717, 1.165) is 21.4 Å². The maximum Gasteiger partial charge on any atom is 0.328 e. The lowest BCUT2D eigenvalue weighted by atomic mass is 9.86. The number of nitrogens with zero attached hydrogens (tertiary/aromatic N) is 2. The molecule has 182 valence electrons. The molecule has 3 heterocycles. The van der Waals surface area contributed by atoms with E-state index >= 15 is 0 Å². The maximum atomic E-state index is 13.9. The van der Waals surface area contributed by atoms with Gasteiger partial charge in [0.15, 0.2) is 11.6 Å². The molecular formula is C24H30N4O6. The van der Waals surface area contributed by atoms with Gasteiger partial charge in [0.2, 0.25) is 5.91 Å². The summed E-state index contributed by atoms with van der Waals surface area (Å²) in [5, 5.41) is 22.5. The lowest BCUT2D eigenvalue weighted by Gasteiger charge is -2.36. The SMILES string of the molecule is CC(C)C[C@H](C(=O)N[C@@H](C(=O)O)C(C)O)N1C(=O)N2CCc3c([nH]c4ccccc34)[C@@]2(C)C1=O. The van der Waals surface area contributed by atoms with Crippen molar-refractivity contribution in [3.63, 3.8) is 0 Å². The molecule has 1 aromatic carbocycles. The summed E-state index contributed by atoms with van der Waals surface area (Å²) in [5.41, 5.74) is 1.17. The summed E-state index contributed by atoms with van der Waals surface area (Å²) in [5.74, 6) is -2.79. The van der Waals surface area contributed by atoms with Crippen molar-refractivity contribution in [2.24, 2.45) is 5.92 Å². The fourth-order valence-electron chi connectivity index (χ4n) is 5.11. The summed E-state index contributed by atoms with van der Waals surface area (Å²) in [4.78, 5) is 57.9. The second-order valence-corrected chi connectivity index (χ2v) is 9.67. The molecule has 10 heteroatoms. The van der Waals surface area contributed by atoms with Gasteiger partial charge in [-0.05, 0) is 44.2 Å². The van der Waals surface area contributed by atoms with E-state index in [9.17, 15) is 29.4 Å². The number of carboxylic acids is 1. The summed E-state index contributed by atoms with van der Waals surface area (Å²) in [7, 11) is 0. The van der Waals surface area contributed by atoms with Crippen LogP contribution in [0.2, 0.25) is 0 Å². The molecule has 1 aromatic heterocycles. The normalized spacial score (nSPS) is 22.5. The number of hydrogen-bond acceptors (Lipinski definition) is 5. The first-order valence-corrected chi connectivity index (χ1v) is 11.4. The first kappa shape index (κ1) is 23.7. The van der Waals surface area contributed by atoms with Gasteiger partial charge in [0.05, 0.1) is 11.8 Å². The van der Waals surface area contributed by atoms with E-state index in [2.05, 4.69) is 10.3 Å². The Hall–Kier alpha value is -3.40. The zero-order valence-electron chi connectivity index (χ0n) is 19.7. The van der Waals surface area contributed by atoms with Gasteiger partial charge in [0, 0.05) is 17.4 Å². The van der Waals surface area contributed by atoms with Crippen LogP contribution in [0.3, 0.4) is 0 Å². The highest BCUT2D eigenvalue weighted by molar-refractivity contribution is 6.11. The molecule has 1 fully saturated rings. The number of aliphatic hydroxyl groups excluding tert-OH is 1. The molecule has 4 rings (SSSR count). The number of aromatic amines is 1. The fourth-order valence-corrected chi connectivity index (χ4v) is 5.11. The molecule has 1 unspecified atom stereocenters. The van der Waals surface area contributed by atoms with Crippen molar-refractivity contribution >= 4 is 34.7 Å². The van der Waals surface area contributed by atoms with E-state index in [4.69, 9.17) is 0 Å². The van der Waals surface area contributed by atoms with Gasteiger partial charge in [-0.1, -0.05) is 32.0 Å². The Bertz CT molecular complexity index is 1170. The quantitative estimate of drug-likeness (QED) is 0.453. The van der Waals surface area contributed by atoms with E-state index in [1.54, 1.807) is 6.92 Å². The number of nitrogens with one attached hydrogen (secondary N) is 2. The number of benzene rings is 1. The number of amides is 4. The van der Waals surface area contributed by atoms with Gasteiger partial charge in [0.1, 0.15) is 6.04 Å². The molecule has 10 nitrogen and oxygen atoms in total. The number of hydrogen-bond donors (Lipinski definition) is 4. The van der Waals surface area contributed by atoms with Gasteiger partial charge in [-0.15, -0.1) is 0 Å². The Morgan fingerprint density at radius 2 is 1.88 bits per heavy atom. The number of aliphatic carboxylic acids is 1. The first-order chi connectivity index (χ1) is 16.0. The number of rotatable bonds is 7. The number of fused-ring (bicyclic) bond motifs is 5. The number of aromatic nitrogens is 1. The maximum absolute atomic E-state index is 13.9. The lowest BCUT2D eigenvalue weighted by molar-refractivity contribution is -0.146. The standard InChI is InChI=1S/C24H30N4O6/c1-12(2)11-17(20(30)26-18(13(3)29)21(31)32)28-22(33)24(4)19-15(9-10-27(24)23(28)34)14-7-5-6-8-16(14)25-19/h5-8,12-13,17-18,25,29H,9-11H2,1-4H3,(H,26,30)(H,31,32)/t13?,17-,18-,24+/m1/s1. The number of carboxylic acid groups (broad SMARTS) is 1. The zero-order valence-corrected chi connectivity index (χ0v) is 19.7. The smallest absolute Gasteiger partial charge is 0.328 e. The predicted molar refractivity (Wildman–Crippen MR) is 123 cm³/mol. The summed E-state index contributed by atoms with van der Waals surface area (Å²) < 4.78 is 0. The Labute approximate surface area is 196 Å². The van der Waals surface area contributed by atoms with Gasteiger partial charge in [-0.2, -0.15) is 0 Å². The summed E-state index contributed by atoms with van der Waals surface area (Å²) in [6, 6.07) is 4.34. The van der Waals surface area contributed by atoms with Crippen LogP contribution in [0.4, 0.5) is 4.79 Å². The Morgan fingerprint density at radius 1 is 1.21 bits per heavy atom. The van der Waals surface area contributed by atoms with Crippen molar-refractivity contribution in [3.8, 4) is 0 Å². The highest BCUT2D eigenvalue weighted by Gasteiger charge is 2.60. The molecule has 0 spiro atoms. The number of imide groups is 1. The van der Waals surface area contributed by atoms with Gasteiger partial charge >= 0.3 is 12.0 Å². The number of carbonyl (C=O) groups is 4. The minimum atomic E-state index is -1.56. The van der Waals surface area contributed by atoms with Crippen LogP contribution in [0.1, 0.15) is 45.4 Å². The van der Waals surface area contributed by atoms with Crippen molar-refractivity contribution in [2.75, 3.05) is 6.54 Å². The van der Waals surface area contributed by atoms with Crippen molar-refractivity contribution in [3.05, 3.63) is 35.5 Å². The largest absolute Gasteiger partial charge is 0.480 e. The van der Waals surface area contributed by atoms with E-state index in [1.807, 2.05) is 38.1 Å². The molecule has 2 aromatic rings. The molecule has 4 N–H and O–H groups in total. The van der Waals surface area contributed by atoms with E-state index < -0.39 is 47.5 Å². The van der Waals surface area contributed by atoms with Gasteiger partial charge < -0.3 is 25.4 Å². The lowest BCUT2D eigenvalue weighted by Crippen LogP contribution is -2.56. The molecule has 2 aliphatic heterocycles. The van der Waals surface area contributed by atoms with Gasteiger partial charge in [-0.3, -0.25) is 9.59 Å². The van der Waals surface area contributed by atoms with Crippen LogP contribution in [0.5, 0.6) is 0 Å². The third kappa shape index (κ3) is 3.53. The fraction of sp³-hybridized carbons (Fsp3) is 0.500. The molecule has 4 amide bonds. The topological polar surface area (TPSA) is 143 Å². The minimum absolute atomic E-state index is 0.0692. The van der Waals surface area contributed by atoms with Crippen LogP contribution in [-0.2, 0) is 26.3 Å². The number of para-hydroxylation sites is 1. The monoisotopic (exact) mass is 470 g/mol. The number of H-pyrrole nitrogens is 1. The predicted octanol–water partition coefficient (Wildman–Crippen LogP) is 1.57. The highest BCUT2D eigenvalue weighted by atomic mass is 16.4. The van der Waals surface area contributed by atoms with Crippen molar-refractivity contribution in [1.82, 2.24) is 20.1 Å². The first-order valence-electron chi connectivity index (χ1n) is 11.4. The third-order valence-corrected chi connectivity index (χ3v) is 6.85. The van der Waals surface area contributed by atoms with Crippen LogP contribution in [-0.4, -0.2) is 73.5 Å². The molecular weight excluding hydrogens is 440 g/mol. The molecule has 34 heavy (non-hydrogen) atoms. The van der Waals surface area contributed by atoms with Gasteiger partial charge in [0.25, 0.3) is 5.91 Å². The molecule has 0 aliphatic carbocycles. The summed E-state index contributed by atoms with van der Waals surface area (Å²) >= 11 is 0. The van der Waals surface area contributed by atoms with Crippen LogP contribution < -0.4 is 5.32 Å². The molecule has 0 radical (unpaired) electrons. The highest BCUT2D eigenvalue weighted by Crippen LogP contribution is 2.44. The molecule has 0 bridgehead atoms. The Morgan fingerprint density at radius 3 is 2.50 bits per heavy atom. The third-order valence-electron chi connectivity index (χ3n) is 6.85. The van der Waals surface area contributed by atoms with Crippen molar-refractivity contribution in [1.29, 1.82) is 0 Å². The van der Waals surface area contributed by atoms with Crippen LogP contribution in [0.15, 0.2) is 24.3 Å². The molecule has 4 atom stereocenters. The Balaban J connectivity index is 1.74. The summed E-state index contributed by atoms with van der Waals surface area (Å²) in [6.07, 6.45) is -0.644. The average molecular weight is 471 g/mol. The van der Waals surface area contributed by atoms with E-state index in [1.165, 1.54) is 11.8 Å². The number of aliphatic hydroxyl groups is 1. The van der Waals surface area contributed by atoms with Gasteiger partial charge in [-0.25, -0.2) is 14.5 Å². The van der Waals surface area contributed by atoms with Crippen LogP contribution in [0.25, 0.3) is 10.9 Å². The molecule has 1 saturated heterocycles. The molecule has 0 saturated carbocycles. The summed E-state index contributed by atoms with van der Waals surface area (Å²) in [6.45, 7) is 6.94. The minimum Gasteiger partial charge on any atom is -0.480 e.